The van der Waals surface area contributed by atoms with E-state index in [1.165, 1.54) is 5.56 Å². The smallest absolute Gasteiger partial charge is 0.118 e. The maximum absolute atomic E-state index is 6.11. The van der Waals surface area contributed by atoms with Gasteiger partial charge in [-0.2, -0.15) is 0 Å². The fraction of sp³-hybridized carbons (Fsp3) is 0.526. The predicted octanol–water partition coefficient (Wildman–Crippen LogP) is 2.93. The van der Waals surface area contributed by atoms with E-state index in [-0.39, 0.29) is 11.7 Å². The molecule has 2 aromatic heterocycles. The SMILES string of the molecule is Cc1ccc(CN2CC3(CC(OCc4ccncc4)CCO3)C2)o1. The molecule has 1 unspecified atom stereocenters. The van der Waals surface area contributed by atoms with Gasteiger partial charge in [-0.1, -0.05) is 0 Å². The molecule has 0 aromatic carbocycles. The fourth-order valence-corrected chi connectivity index (χ4v) is 3.71. The second-order valence-corrected chi connectivity index (χ2v) is 6.97. The van der Waals surface area contributed by atoms with Crippen LogP contribution in [0, 0.1) is 6.92 Å². The summed E-state index contributed by atoms with van der Waals surface area (Å²) in [5, 5.41) is 0. The molecule has 128 valence electrons. The summed E-state index contributed by atoms with van der Waals surface area (Å²) >= 11 is 0. The minimum Gasteiger partial charge on any atom is -0.465 e. The van der Waals surface area contributed by atoms with Crippen LogP contribution in [-0.2, 0) is 22.6 Å². The molecule has 4 rings (SSSR count). The van der Waals surface area contributed by atoms with Crippen molar-refractivity contribution in [2.45, 2.75) is 44.6 Å². The molecule has 0 aliphatic carbocycles. The summed E-state index contributed by atoms with van der Waals surface area (Å²) in [5.74, 6) is 2.00. The van der Waals surface area contributed by atoms with Crippen molar-refractivity contribution in [2.24, 2.45) is 0 Å². The van der Waals surface area contributed by atoms with E-state index in [9.17, 15) is 0 Å². The summed E-state index contributed by atoms with van der Waals surface area (Å²) < 4.78 is 17.9. The zero-order valence-corrected chi connectivity index (χ0v) is 14.1. The lowest BCUT2D eigenvalue weighted by Gasteiger charge is -2.53. The number of pyridine rings is 1. The van der Waals surface area contributed by atoms with Gasteiger partial charge in [0, 0.05) is 38.5 Å². The third-order valence-electron chi connectivity index (χ3n) is 4.88. The number of likely N-dealkylation sites (tertiary alicyclic amines) is 1. The first-order chi connectivity index (χ1) is 11.7. The molecule has 1 atom stereocenters. The fourth-order valence-electron chi connectivity index (χ4n) is 3.71. The van der Waals surface area contributed by atoms with Gasteiger partial charge in [-0.15, -0.1) is 0 Å². The van der Waals surface area contributed by atoms with Crippen LogP contribution in [0.4, 0.5) is 0 Å². The Morgan fingerprint density at radius 2 is 2.08 bits per heavy atom. The molecule has 2 aliphatic heterocycles. The second kappa shape index (κ2) is 6.67. The topological polar surface area (TPSA) is 47.7 Å². The zero-order chi connectivity index (χ0) is 16.4. The van der Waals surface area contributed by atoms with E-state index in [0.29, 0.717) is 6.61 Å². The summed E-state index contributed by atoms with van der Waals surface area (Å²) in [5.41, 5.74) is 1.15. The highest BCUT2D eigenvalue weighted by molar-refractivity contribution is 5.09. The number of aryl methyl sites for hydroxylation is 1. The predicted molar refractivity (Wildman–Crippen MR) is 89.5 cm³/mol. The lowest BCUT2D eigenvalue weighted by Crippen LogP contribution is -2.65. The lowest BCUT2D eigenvalue weighted by molar-refractivity contribution is -0.201. The molecule has 5 nitrogen and oxygen atoms in total. The quantitative estimate of drug-likeness (QED) is 0.844. The molecular formula is C19H24N2O3. The van der Waals surface area contributed by atoms with E-state index in [1.807, 2.05) is 37.5 Å². The molecule has 0 radical (unpaired) electrons. The Morgan fingerprint density at radius 1 is 1.25 bits per heavy atom. The Bertz CT molecular complexity index is 664. The van der Waals surface area contributed by atoms with E-state index >= 15 is 0 Å². The van der Waals surface area contributed by atoms with Crippen LogP contribution in [-0.4, -0.2) is 41.3 Å². The van der Waals surface area contributed by atoms with Gasteiger partial charge in [-0.3, -0.25) is 9.88 Å². The van der Waals surface area contributed by atoms with Gasteiger partial charge in [0.25, 0.3) is 0 Å². The van der Waals surface area contributed by atoms with Crippen LogP contribution in [0.5, 0.6) is 0 Å². The monoisotopic (exact) mass is 328 g/mol. The maximum Gasteiger partial charge on any atom is 0.118 e. The van der Waals surface area contributed by atoms with Crippen molar-refractivity contribution in [2.75, 3.05) is 19.7 Å². The molecule has 2 aliphatic rings. The van der Waals surface area contributed by atoms with Gasteiger partial charge < -0.3 is 13.9 Å². The first-order valence-corrected chi connectivity index (χ1v) is 8.63. The standard InChI is InChI=1S/C19H24N2O3/c1-15-2-3-18(24-15)11-21-13-19(14-21)10-17(6-9-23-19)22-12-16-4-7-20-8-5-16/h2-5,7-8,17H,6,9-14H2,1H3. The average molecular weight is 328 g/mol. The summed E-state index contributed by atoms with van der Waals surface area (Å²) in [6.45, 7) is 6.20. The largest absolute Gasteiger partial charge is 0.465 e. The molecule has 2 fully saturated rings. The van der Waals surface area contributed by atoms with Crippen LogP contribution in [0.2, 0.25) is 0 Å². The molecule has 0 bridgehead atoms. The highest BCUT2D eigenvalue weighted by Crippen LogP contribution is 2.36. The van der Waals surface area contributed by atoms with Gasteiger partial charge in [0.1, 0.15) is 11.5 Å². The third kappa shape index (κ3) is 3.53. The van der Waals surface area contributed by atoms with Crippen molar-refractivity contribution in [3.05, 3.63) is 53.7 Å². The minimum absolute atomic E-state index is 0.0250. The van der Waals surface area contributed by atoms with E-state index in [2.05, 4.69) is 16.0 Å². The number of nitrogens with zero attached hydrogens (tertiary/aromatic N) is 2. The van der Waals surface area contributed by atoms with Crippen molar-refractivity contribution in [3.63, 3.8) is 0 Å². The summed E-state index contributed by atoms with van der Waals surface area (Å²) in [6.07, 6.45) is 5.85. The van der Waals surface area contributed by atoms with Crippen molar-refractivity contribution in [1.29, 1.82) is 0 Å². The van der Waals surface area contributed by atoms with Crippen molar-refractivity contribution in [3.8, 4) is 0 Å². The van der Waals surface area contributed by atoms with Crippen LogP contribution in [0.25, 0.3) is 0 Å². The van der Waals surface area contributed by atoms with Crippen LogP contribution in [0.3, 0.4) is 0 Å². The zero-order valence-electron chi connectivity index (χ0n) is 14.1. The van der Waals surface area contributed by atoms with Crippen LogP contribution in [0.1, 0.15) is 29.9 Å². The van der Waals surface area contributed by atoms with Gasteiger partial charge in [0.15, 0.2) is 0 Å². The second-order valence-electron chi connectivity index (χ2n) is 6.97. The van der Waals surface area contributed by atoms with Crippen molar-refractivity contribution < 1.29 is 13.9 Å². The van der Waals surface area contributed by atoms with E-state index in [0.717, 1.165) is 50.6 Å². The molecular weight excluding hydrogens is 304 g/mol. The number of rotatable bonds is 5. The molecule has 5 heteroatoms. The first kappa shape index (κ1) is 15.8. The Balaban J connectivity index is 1.26. The Hall–Kier alpha value is -1.69. The molecule has 2 saturated heterocycles. The Labute approximate surface area is 142 Å². The van der Waals surface area contributed by atoms with Gasteiger partial charge >= 0.3 is 0 Å². The molecule has 24 heavy (non-hydrogen) atoms. The van der Waals surface area contributed by atoms with E-state index < -0.39 is 0 Å². The van der Waals surface area contributed by atoms with Crippen LogP contribution < -0.4 is 0 Å². The van der Waals surface area contributed by atoms with Crippen molar-refractivity contribution >= 4 is 0 Å². The highest BCUT2D eigenvalue weighted by atomic mass is 16.5. The molecule has 0 amide bonds. The van der Waals surface area contributed by atoms with Crippen LogP contribution in [0.15, 0.2) is 41.1 Å². The number of hydrogen-bond acceptors (Lipinski definition) is 5. The van der Waals surface area contributed by atoms with Gasteiger partial charge in [-0.25, -0.2) is 0 Å². The normalized spacial score (nSPS) is 23.3. The summed E-state index contributed by atoms with van der Waals surface area (Å²) in [6, 6.07) is 8.09. The van der Waals surface area contributed by atoms with E-state index in [4.69, 9.17) is 13.9 Å². The molecule has 1 spiro atoms. The molecule has 0 N–H and O–H groups in total. The van der Waals surface area contributed by atoms with Gasteiger partial charge in [-0.05, 0) is 43.2 Å². The van der Waals surface area contributed by atoms with E-state index in [1.54, 1.807) is 0 Å². The Morgan fingerprint density at radius 3 is 2.83 bits per heavy atom. The average Bonchev–Trinajstić information content (AvgIpc) is 2.98. The summed E-state index contributed by atoms with van der Waals surface area (Å²) in [7, 11) is 0. The third-order valence-corrected chi connectivity index (χ3v) is 4.88. The number of ether oxygens (including phenoxy) is 2. The van der Waals surface area contributed by atoms with Crippen molar-refractivity contribution in [1.82, 2.24) is 9.88 Å². The van der Waals surface area contributed by atoms with Crippen LogP contribution >= 0.6 is 0 Å². The number of aromatic nitrogens is 1. The molecule has 2 aromatic rings. The number of hydrogen-bond donors (Lipinski definition) is 0. The van der Waals surface area contributed by atoms with Gasteiger partial charge in [0.2, 0.25) is 0 Å². The Kier molecular flexibility index (Phi) is 4.39. The van der Waals surface area contributed by atoms with Gasteiger partial charge in [0.05, 0.1) is 24.9 Å². The minimum atomic E-state index is -0.0250. The molecule has 4 heterocycles. The lowest BCUT2D eigenvalue weighted by atomic mass is 9.84. The highest BCUT2D eigenvalue weighted by Gasteiger charge is 2.47. The summed E-state index contributed by atoms with van der Waals surface area (Å²) in [4.78, 5) is 6.42. The maximum atomic E-state index is 6.11. The molecule has 0 saturated carbocycles. The first-order valence-electron chi connectivity index (χ1n) is 8.63. The number of furan rings is 1.